The molecule has 0 spiro atoms. The normalized spacial score (nSPS) is 18.0. The van der Waals surface area contributed by atoms with E-state index in [4.69, 9.17) is 4.74 Å². The molecule has 27 heavy (non-hydrogen) atoms. The Balaban J connectivity index is 1.57. The number of carbonyl (C=O) groups is 2. The zero-order valence-corrected chi connectivity index (χ0v) is 15.0. The van der Waals surface area contributed by atoms with Crippen LogP contribution in [0.3, 0.4) is 0 Å². The van der Waals surface area contributed by atoms with Gasteiger partial charge in [-0.2, -0.15) is 5.10 Å². The highest BCUT2D eigenvalue weighted by Gasteiger charge is 2.30. The minimum absolute atomic E-state index is 0.263. The lowest BCUT2D eigenvalue weighted by atomic mass is 10.2. The van der Waals surface area contributed by atoms with Crippen LogP contribution in [0.25, 0.3) is 0 Å². The van der Waals surface area contributed by atoms with E-state index in [-0.39, 0.29) is 11.6 Å². The molecule has 0 radical (unpaired) electrons. The number of carbonyl (C=O) groups excluding carboxylic acids is 2. The number of benzene rings is 2. The van der Waals surface area contributed by atoms with Crippen molar-refractivity contribution in [3.8, 4) is 5.75 Å². The average Bonchev–Trinajstić information content (AvgIpc) is 3.00. The Kier molecular flexibility index (Phi) is 6.22. The summed E-state index contributed by atoms with van der Waals surface area (Å²) in [7, 11) is 0. The molecule has 1 N–H and O–H groups in total. The van der Waals surface area contributed by atoms with Crippen molar-refractivity contribution < 1.29 is 19.4 Å². The lowest BCUT2D eigenvalue weighted by molar-refractivity contribution is -0.305. The summed E-state index contributed by atoms with van der Waals surface area (Å²) in [6, 6.07) is 17.2. The van der Waals surface area contributed by atoms with Gasteiger partial charge in [0.25, 0.3) is 0 Å². The number of amides is 1. The Bertz CT molecular complexity index is 884. The van der Waals surface area contributed by atoms with E-state index < -0.39 is 17.1 Å². The van der Waals surface area contributed by atoms with Crippen LogP contribution in [0.4, 0.5) is 0 Å². The van der Waals surface area contributed by atoms with Gasteiger partial charge in [-0.15, -0.1) is 5.10 Å². The first-order valence-electron chi connectivity index (χ1n) is 8.15. The number of thioether (sulfide) groups is 1. The van der Waals surface area contributed by atoms with Crippen LogP contribution in [0.1, 0.15) is 17.5 Å². The molecule has 1 heterocycles. The first kappa shape index (κ1) is 18.7. The number of rotatable bonds is 7. The van der Waals surface area contributed by atoms with Crippen molar-refractivity contribution >= 4 is 35.0 Å². The van der Waals surface area contributed by atoms with Crippen molar-refractivity contribution in [2.24, 2.45) is 10.2 Å². The molecule has 0 aliphatic carbocycles. The Labute approximate surface area is 160 Å². The fourth-order valence-corrected chi connectivity index (χ4v) is 3.22. The lowest BCUT2D eigenvalue weighted by Crippen LogP contribution is -2.31. The summed E-state index contributed by atoms with van der Waals surface area (Å²) in [4.78, 5) is 22.2. The quantitative estimate of drug-likeness (QED) is 0.575. The van der Waals surface area contributed by atoms with Crippen LogP contribution in [0.2, 0.25) is 0 Å². The van der Waals surface area contributed by atoms with Gasteiger partial charge in [-0.1, -0.05) is 54.2 Å². The third-order valence-corrected chi connectivity index (χ3v) is 4.66. The van der Waals surface area contributed by atoms with Gasteiger partial charge in [-0.3, -0.25) is 4.79 Å². The Hall–Kier alpha value is -3.13. The van der Waals surface area contributed by atoms with Crippen molar-refractivity contribution in [1.29, 1.82) is 0 Å². The second-order valence-electron chi connectivity index (χ2n) is 5.67. The van der Waals surface area contributed by atoms with Crippen LogP contribution in [0, 0.1) is 0 Å². The van der Waals surface area contributed by atoms with Gasteiger partial charge in [0.2, 0.25) is 5.91 Å². The number of amidine groups is 1. The predicted octanol–water partition coefficient (Wildman–Crippen LogP) is 1.33. The minimum Gasteiger partial charge on any atom is -0.550 e. The lowest BCUT2D eigenvalue weighted by Gasteiger charge is -2.06. The summed E-state index contributed by atoms with van der Waals surface area (Å²) in [5.74, 6) is -0.984. The second kappa shape index (κ2) is 9.00. The van der Waals surface area contributed by atoms with Crippen LogP contribution in [0.15, 0.2) is 64.8 Å². The molecule has 0 bridgehead atoms. The summed E-state index contributed by atoms with van der Waals surface area (Å²) >= 11 is 1.02. The zero-order valence-electron chi connectivity index (χ0n) is 14.2. The number of nitrogens with zero attached hydrogens (tertiary/aromatic N) is 2. The molecule has 0 unspecified atom stereocenters. The van der Waals surface area contributed by atoms with E-state index in [1.165, 1.54) is 6.21 Å². The molecule has 138 valence electrons. The number of aliphatic carboxylic acids is 1. The van der Waals surface area contributed by atoms with E-state index >= 15 is 0 Å². The summed E-state index contributed by atoms with van der Waals surface area (Å²) in [5, 5.41) is 20.5. The van der Waals surface area contributed by atoms with Gasteiger partial charge in [0.15, 0.2) is 5.17 Å². The van der Waals surface area contributed by atoms with Gasteiger partial charge in [-0.05, 0) is 23.3 Å². The monoisotopic (exact) mass is 382 g/mol. The number of nitrogens with one attached hydrogen (secondary N) is 1. The molecule has 7 nitrogen and oxygen atoms in total. The molecule has 3 rings (SSSR count). The molecular formula is C19H16N3O4S-. The average molecular weight is 382 g/mol. The molecule has 2 aromatic carbocycles. The fraction of sp³-hybridized carbons (Fsp3) is 0.158. The minimum atomic E-state index is -1.28. The third-order valence-electron chi connectivity index (χ3n) is 3.59. The standard InChI is InChI=1S/C19H17N3O4S/c23-17(24)10-16-18(25)21-19(27-16)22-20-11-14-7-4-8-15(9-14)26-12-13-5-2-1-3-6-13/h1-9,11,16H,10,12H2,(H,23,24)(H,21,22,25)/p-1/b20-11-/t16-/m1/s1. The van der Waals surface area contributed by atoms with Crippen molar-refractivity contribution in [1.82, 2.24) is 5.32 Å². The van der Waals surface area contributed by atoms with E-state index in [9.17, 15) is 14.7 Å². The van der Waals surface area contributed by atoms with Gasteiger partial charge in [0.05, 0.1) is 11.5 Å². The van der Waals surface area contributed by atoms with Crippen LogP contribution < -0.4 is 15.2 Å². The highest BCUT2D eigenvalue weighted by atomic mass is 32.2. The maximum absolute atomic E-state index is 11.6. The van der Waals surface area contributed by atoms with Crippen molar-refractivity contribution in [3.63, 3.8) is 0 Å². The number of ether oxygens (including phenoxy) is 1. The Morgan fingerprint density at radius 1 is 1.22 bits per heavy atom. The number of carboxylic acids is 1. The van der Waals surface area contributed by atoms with Crippen LogP contribution in [0.5, 0.6) is 5.75 Å². The Morgan fingerprint density at radius 2 is 2.04 bits per heavy atom. The van der Waals surface area contributed by atoms with Gasteiger partial charge in [-0.25, -0.2) is 0 Å². The molecule has 1 atom stereocenters. The molecular weight excluding hydrogens is 366 g/mol. The van der Waals surface area contributed by atoms with Crippen LogP contribution in [-0.4, -0.2) is 28.5 Å². The van der Waals surface area contributed by atoms with E-state index in [2.05, 4.69) is 15.5 Å². The number of hydrogen-bond donors (Lipinski definition) is 1. The zero-order chi connectivity index (χ0) is 19.1. The van der Waals surface area contributed by atoms with Crippen molar-refractivity contribution in [2.45, 2.75) is 18.3 Å². The van der Waals surface area contributed by atoms with Crippen molar-refractivity contribution in [2.75, 3.05) is 0 Å². The van der Waals surface area contributed by atoms with Crippen LogP contribution >= 0.6 is 11.8 Å². The molecule has 0 aromatic heterocycles. The molecule has 2 aromatic rings. The topological polar surface area (TPSA) is 103 Å². The maximum Gasteiger partial charge on any atom is 0.239 e. The van der Waals surface area contributed by atoms with Gasteiger partial charge in [0.1, 0.15) is 12.4 Å². The molecule has 8 heteroatoms. The molecule has 0 saturated carbocycles. The maximum atomic E-state index is 11.6. The van der Waals surface area contributed by atoms with Gasteiger partial charge < -0.3 is 20.0 Å². The highest BCUT2D eigenvalue weighted by molar-refractivity contribution is 8.15. The summed E-state index contributed by atoms with van der Waals surface area (Å²) < 4.78 is 5.76. The second-order valence-corrected chi connectivity index (χ2v) is 6.86. The first-order chi connectivity index (χ1) is 13.1. The van der Waals surface area contributed by atoms with Crippen LogP contribution in [-0.2, 0) is 16.2 Å². The smallest absolute Gasteiger partial charge is 0.239 e. The first-order valence-corrected chi connectivity index (χ1v) is 9.03. The van der Waals surface area contributed by atoms with Crippen molar-refractivity contribution in [3.05, 3.63) is 65.7 Å². The molecule has 1 aliphatic rings. The SMILES string of the molecule is O=C([O-])C[C@H]1S/C(=N\N=C/c2cccc(OCc3ccccc3)c2)NC1=O. The van der Waals surface area contributed by atoms with E-state index in [0.29, 0.717) is 12.4 Å². The van der Waals surface area contributed by atoms with E-state index in [0.717, 1.165) is 22.9 Å². The number of hydrogen-bond acceptors (Lipinski definition) is 7. The fourth-order valence-electron chi connectivity index (χ4n) is 2.31. The largest absolute Gasteiger partial charge is 0.550 e. The third kappa shape index (κ3) is 5.68. The van der Waals surface area contributed by atoms with E-state index in [1.54, 1.807) is 0 Å². The summed E-state index contributed by atoms with van der Waals surface area (Å²) in [6.07, 6.45) is 1.17. The Morgan fingerprint density at radius 3 is 2.81 bits per heavy atom. The molecule has 1 fully saturated rings. The predicted molar refractivity (Wildman–Crippen MR) is 101 cm³/mol. The van der Waals surface area contributed by atoms with E-state index in [1.807, 2.05) is 54.6 Å². The summed E-state index contributed by atoms with van der Waals surface area (Å²) in [5.41, 5.74) is 1.86. The summed E-state index contributed by atoms with van der Waals surface area (Å²) in [6.45, 7) is 0.465. The van der Waals surface area contributed by atoms with Gasteiger partial charge in [0, 0.05) is 12.4 Å². The molecule has 1 amide bonds. The number of carboxylic acid groups (broad SMARTS) is 1. The molecule has 1 saturated heterocycles. The highest BCUT2D eigenvalue weighted by Crippen LogP contribution is 2.22. The molecule has 1 aliphatic heterocycles. The van der Waals surface area contributed by atoms with Gasteiger partial charge >= 0.3 is 0 Å².